The molecule has 0 radical (unpaired) electrons. The van der Waals surface area contributed by atoms with Crippen LogP contribution in [0, 0.1) is 11.3 Å². The molecule has 2 aromatic carbocycles. The zero-order valence-electron chi connectivity index (χ0n) is 16.3. The lowest BCUT2D eigenvalue weighted by atomic mass is 10.0. The summed E-state index contributed by atoms with van der Waals surface area (Å²) < 4.78 is 5.92. The van der Waals surface area contributed by atoms with E-state index in [4.69, 9.17) is 10.00 Å². The highest BCUT2D eigenvalue weighted by Gasteiger charge is 2.20. The SMILES string of the molecule is CC(C)N1CCC(NCc2cccc(OCc3cccc(C#N)c3)c2)CC1. The summed E-state index contributed by atoms with van der Waals surface area (Å²) in [5.74, 6) is 0.867. The van der Waals surface area contributed by atoms with Gasteiger partial charge >= 0.3 is 0 Å². The maximum absolute atomic E-state index is 8.99. The fourth-order valence-electron chi connectivity index (χ4n) is 3.52. The average Bonchev–Trinajstić information content (AvgIpc) is 2.71. The Hall–Kier alpha value is -2.35. The van der Waals surface area contributed by atoms with Crippen LogP contribution in [0.4, 0.5) is 0 Å². The minimum atomic E-state index is 0.472. The number of nitriles is 1. The summed E-state index contributed by atoms with van der Waals surface area (Å²) in [5.41, 5.74) is 2.91. The van der Waals surface area contributed by atoms with Gasteiger partial charge in [-0.05, 0) is 75.2 Å². The summed E-state index contributed by atoms with van der Waals surface area (Å²) in [6, 6.07) is 19.2. The summed E-state index contributed by atoms with van der Waals surface area (Å²) in [6.45, 7) is 8.25. The second kappa shape index (κ2) is 9.55. The van der Waals surface area contributed by atoms with Crippen LogP contribution < -0.4 is 10.1 Å². The molecule has 27 heavy (non-hydrogen) atoms. The number of ether oxygens (including phenoxy) is 1. The summed E-state index contributed by atoms with van der Waals surface area (Å²) in [7, 11) is 0. The summed E-state index contributed by atoms with van der Waals surface area (Å²) >= 11 is 0. The number of piperidine rings is 1. The van der Waals surface area contributed by atoms with Crippen LogP contribution in [-0.4, -0.2) is 30.1 Å². The van der Waals surface area contributed by atoms with E-state index < -0.39 is 0 Å². The van der Waals surface area contributed by atoms with Gasteiger partial charge in [-0.2, -0.15) is 5.26 Å². The second-order valence-corrected chi connectivity index (χ2v) is 7.53. The first kappa shape index (κ1) is 19.4. The number of nitrogens with zero attached hydrogens (tertiary/aromatic N) is 2. The van der Waals surface area contributed by atoms with Crippen molar-refractivity contribution >= 4 is 0 Å². The zero-order chi connectivity index (χ0) is 19.1. The van der Waals surface area contributed by atoms with Crippen molar-refractivity contribution in [3.63, 3.8) is 0 Å². The van der Waals surface area contributed by atoms with Crippen LogP contribution in [0.5, 0.6) is 5.75 Å². The van der Waals surface area contributed by atoms with Gasteiger partial charge in [-0.3, -0.25) is 0 Å². The summed E-state index contributed by atoms with van der Waals surface area (Å²) in [6.07, 6.45) is 2.42. The van der Waals surface area contributed by atoms with Gasteiger partial charge < -0.3 is 15.0 Å². The van der Waals surface area contributed by atoms with E-state index in [2.05, 4.69) is 42.3 Å². The Kier molecular flexibility index (Phi) is 6.86. The topological polar surface area (TPSA) is 48.3 Å². The van der Waals surface area contributed by atoms with Crippen LogP contribution >= 0.6 is 0 Å². The summed E-state index contributed by atoms with van der Waals surface area (Å²) in [5, 5.41) is 12.7. The van der Waals surface area contributed by atoms with Crippen molar-refractivity contribution in [3.05, 3.63) is 65.2 Å². The van der Waals surface area contributed by atoms with Gasteiger partial charge in [0.2, 0.25) is 0 Å². The molecule has 0 bridgehead atoms. The largest absolute Gasteiger partial charge is 0.489 e. The molecule has 0 unspecified atom stereocenters. The van der Waals surface area contributed by atoms with E-state index >= 15 is 0 Å². The first-order valence-corrected chi connectivity index (χ1v) is 9.82. The van der Waals surface area contributed by atoms with E-state index in [0.29, 0.717) is 24.3 Å². The van der Waals surface area contributed by atoms with Gasteiger partial charge in [0.05, 0.1) is 11.6 Å². The second-order valence-electron chi connectivity index (χ2n) is 7.53. The van der Waals surface area contributed by atoms with E-state index in [9.17, 15) is 0 Å². The van der Waals surface area contributed by atoms with Gasteiger partial charge in [-0.1, -0.05) is 24.3 Å². The molecular formula is C23H29N3O. The molecule has 0 aromatic heterocycles. The van der Waals surface area contributed by atoms with Gasteiger partial charge in [-0.25, -0.2) is 0 Å². The lowest BCUT2D eigenvalue weighted by Gasteiger charge is -2.35. The normalized spacial score (nSPS) is 15.6. The Morgan fingerprint density at radius 2 is 1.85 bits per heavy atom. The Labute approximate surface area is 162 Å². The molecule has 0 saturated carbocycles. The molecule has 0 aliphatic carbocycles. The third kappa shape index (κ3) is 5.82. The Balaban J connectivity index is 1.48. The molecule has 0 amide bonds. The highest BCUT2D eigenvalue weighted by Crippen LogP contribution is 2.17. The molecule has 1 heterocycles. The number of benzene rings is 2. The monoisotopic (exact) mass is 363 g/mol. The Morgan fingerprint density at radius 3 is 2.59 bits per heavy atom. The Morgan fingerprint density at radius 1 is 1.11 bits per heavy atom. The number of hydrogen-bond donors (Lipinski definition) is 1. The van der Waals surface area contributed by atoms with Gasteiger partial charge in [0.25, 0.3) is 0 Å². The minimum absolute atomic E-state index is 0.472. The number of rotatable bonds is 7. The first-order valence-electron chi connectivity index (χ1n) is 9.82. The van der Waals surface area contributed by atoms with Crippen molar-refractivity contribution in [1.82, 2.24) is 10.2 Å². The molecule has 0 atom stereocenters. The van der Waals surface area contributed by atoms with Crippen LogP contribution in [0.15, 0.2) is 48.5 Å². The predicted molar refractivity (Wildman–Crippen MR) is 109 cm³/mol. The van der Waals surface area contributed by atoms with Crippen LogP contribution in [-0.2, 0) is 13.2 Å². The van der Waals surface area contributed by atoms with Crippen LogP contribution in [0.25, 0.3) is 0 Å². The van der Waals surface area contributed by atoms with Gasteiger partial charge in [0, 0.05) is 18.6 Å². The lowest BCUT2D eigenvalue weighted by Crippen LogP contribution is -2.44. The zero-order valence-corrected chi connectivity index (χ0v) is 16.3. The van der Waals surface area contributed by atoms with Crippen molar-refractivity contribution in [3.8, 4) is 11.8 Å². The van der Waals surface area contributed by atoms with E-state index in [-0.39, 0.29) is 0 Å². The molecule has 3 rings (SSSR count). The van der Waals surface area contributed by atoms with Crippen molar-refractivity contribution in [2.45, 2.75) is 51.9 Å². The molecule has 1 N–H and O–H groups in total. The quantitative estimate of drug-likeness (QED) is 0.805. The minimum Gasteiger partial charge on any atom is -0.489 e. The van der Waals surface area contributed by atoms with Crippen molar-refractivity contribution in [2.24, 2.45) is 0 Å². The molecule has 1 fully saturated rings. The lowest BCUT2D eigenvalue weighted by molar-refractivity contribution is 0.161. The van der Waals surface area contributed by atoms with Crippen LogP contribution in [0.3, 0.4) is 0 Å². The van der Waals surface area contributed by atoms with Crippen LogP contribution in [0.1, 0.15) is 43.4 Å². The molecule has 1 saturated heterocycles. The average molecular weight is 364 g/mol. The molecule has 4 heteroatoms. The highest BCUT2D eigenvalue weighted by molar-refractivity contribution is 5.33. The molecular weight excluding hydrogens is 334 g/mol. The number of likely N-dealkylation sites (tertiary alicyclic amines) is 1. The van der Waals surface area contributed by atoms with Crippen LogP contribution in [0.2, 0.25) is 0 Å². The third-order valence-corrected chi connectivity index (χ3v) is 5.21. The maximum atomic E-state index is 8.99. The molecule has 0 spiro atoms. The number of hydrogen-bond acceptors (Lipinski definition) is 4. The maximum Gasteiger partial charge on any atom is 0.120 e. The fraction of sp³-hybridized carbons (Fsp3) is 0.435. The summed E-state index contributed by atoms with van der Waals surface area (Å²) in [4.78, 5) is 2.55. The third-order valence-electron chi connectivity index (χ3n) is 5.21. The van der Waals surface area contributed by atoms with E-state index in [1.165, 1.54) is 31.5 Å². The highest BCUT2D eigenvalue weighted by atomic mass is 16.5. The smallest absolute Gasteiger partial charge is 0.120 e. The number of nitrogens with one attached hydrogen (secondary N) is 1. The molecule has 1 aliphatic heterocycles. The molecule has 1 aliphatic rings. The van der Waals surface area contributed by atoms with Gasteiger partial charge in [0.1, 0.15) is 12.4 Å². The van der Waals surface area contributed by atoms with Crippen molar-refractivity contribution in [1.29, 1.82) is 5.26 Å². The van der Waals surface area contributed by atoms with Crippen molar-refractivity contribution < 1.29 is 4.74 Å². The predicted octanol–water partition coefficient (Wildman–Crippen LogP) is 4.10. The van der Waals surface area contributed by atoms with Gasteiger partial charge in [0.15, 0.2) is 0 Å². The van der Waals surface area contributed by atoms with E-state index in [1.807, 2.05) is 30.3 Å². The van der Waals surface area contributed by atoms with E-state index in [1.54, 1.807) is 6.07 Å². The first-order chi connectivity index (χ1) is 13.1. The standard InChI is InChI=1S/C23H29N3O/c1-18(2)26-11-9-22(10-12-26)25-16-20-6-4-8-23(14-20)27-17-21-7-3-5-19(13-21)15-24/h3-8,13-14,18,22,25H,9-12,16-17H2,1-2H3. The van der Waals surface area contributed by atoms with Gasteiger partial charge in [-0.15, -0.1) is 0 Å². The fourth-order valence-corrected chi connectivity index (χ4v) is 3.52. The van der Waals surface area contributed by atoms with E-state index in [0.717, 1.165) is 17.9 Å². The van der Waals surface area contributed by atoms with Crippen molar-refractivity contribution in [2.75, 3.05) is 13.1 Å². The molecule has 4 nitrogen and oxygen atoms in total. The Bertz CT molecular complexity index is 773. The molecule has 142 valence electrons. The molecule has 2 aromatic rings.